The molecule has 10 heteroatoms. The smallest absolute Gasteiger partial charge is 0.224 e. The van der Waals surface area contributed by atoms with E-state index in [0.717, 1.165) is 6.42 Å². The lowest BCUT2D eigenvalue weighted by atomic mass is 9.96. The Morgan fingerprint density at radius 2 is 1.97 bits per heavy atom. The van der Waals surface area contributed by atoms with Crippen molar-refractivity contribution >= 4 is 22.9 Å². The Bertz CT molecular complexity index is 1040. The second-order valence-electron chi connectivity index (χ2n) is 7.67. The minimum Gasteiger partial charge on any atom is -0.394 e. The third-order valence-electron chi connectivity index (χ3n) is 5.45. The third-order valence-corrected chi connectivity index (χ3v) is 5.45. The summed E-state index contributed by atoms with van der Waals surface area (Å²) in [7, 11) is 0. The summed E-state index contributed by atoms with van der Waals surface area (Å²) in [4.78, 5) is 13.1. The van der Waals surface area contributed by atoms with Gasteiger partial charge in [0.2, 0.25) is 5.95 Å². The maximum absolute atomic E-state index is 10.9. The first-order chi connectivity index (χ1) is 14.3. The molecule has 4 atom stereocenters. The molecule has 0 bridgehead atoms. The molecule has 1 aliphatic rings. The van der Waals surface area contributed by atoms with Crippen molar-refractivity contribution in [3.63, 3.8) is 0 Å². The summed E-state index contributed by atoms with van der Waals surface area (Å²) in [5, 5.41) is 33.9. The highest BCUT2D eigenvalue weighted by Crippen LogP contribution is 2.40. The number of aromatic nitrogens is 4. The molecule has 1 aliphatic heterocycles. The lowest BCUT2D eigenvalue weighted by Gasteiger charge is -2.28. The van der Waals surface area contributed by atoms with Crippen LogP contribution in [0.15, 0.2) is 30.3 Å². The lowest BCUT2D eigenvalue weighted by Crippen LogP contribution is -2.44. The quantitative estimate of drug-likeness (QED) is 0.385. The largest absolute Gasteiger partial charge is 0.394 e. The van der Waals surface area contributed by atoms with Crippen molar-refractivity contribution < 1.29 is 20.1 Å². The van der Waals surface area contributed by atoms with Crippen LogP contribution in [0.5, 0.6) is 0 Å². The second-order valence-corrected chi connectivity index (χ2v) is 7.67. The van der Waals surface area contributed by atoms with Crippen LogP contribution < -0.4 is 11.1 Å². The average molecular weight is 414 g/mol. The molecule has 0 aliphatic carbocycles. The van der Waals surface area contributed by atoms with Crippen molar-refractivity contribution in [2.45, 2.75) is 44.3 Å². The van der Waals surface area contributed by atoms with Gasteiger partial charge in [-0.2, -0.15) is 9.97 Å². The van der Waals surface area contributed by atoms with Crippen LogP contribution in [0, 0.1) is 6.92 Å². The van der Waals surface area contributed by atoms with Crippen molar-refractivity contribution in [2.24, 2.45) is 0 Å². The van der Waals surface area contributed by atoms with Gasteiger partial charge in [0.15, 0.2) is 23.2 Å². The molecule has 1 fully saturated rings. The zero-order chi connectivity index (χ0) is 21.5. The molecule has 4 rings (SSSR count). The van der Waals surface area contributed by atoms with Crippen LogP contribution >= 0.6 is 0 Å². The number of aliphatic hydroxyl groups excluding tert-OH is 2. The number of fused-ring (bicyclic) bond motifs is 1. The highest BCUT2D eigenvalue weighted by atomic mass is 16.6. The Balaban J connectivity index is 1.67. The van der Waals surface area contributed by atoms with Gasteiger partial charge in [0, 0.05) is 6.54 Å². The van der Waals surface area contributed by atoms with Gasteiger partial charge in [0.05, 0.1) is 6.61 Å². The van der Waals surface area contributed by atoms with Crippen molar-refractivity contribution in [3.8, 4) is 0 Å². The number of rotatable bonds is 6. The van der Waals surface area contributed by atoms with E-state index in [0.29, 0.717) is 29.4 Å². The van der Waals surface area contributed by atoms with Crippen molar-refractivity contribution in [1.82, 2.24) is 19.5 Å². The standard InChI is InChI=1S/C20H26N6O4/c1-11-23-14-16(22-9-8-12-6-4-3-5-7-12)24-19(21)25-17(14)26(11)18-20(2,29)15(28)13(10-27)30-18/h3-7,13,15,18,27-29H,8-10H2,1-2H3,(H3,21,22,24,25). The number of hydrogen-bond acceptors (Lipinski definition) is 9. The lowest BCUT2D eigenvalue weighted by molar-refractivity contribution is -0.0958. The van der Waals surface area contributed by atoms with E-state index in [4.69, 9.17) is 10.5 Å². The van der Waals surface area contributed by atoms with Gasteiger partial charge in [-0.3, -0.25) is 4.57 Å². The minimum atomic E-state index is -1.66. The molecule has 4 unspecified atom stereocenters. The van der Waals surface area contributed by atoms with E-state index in [9.17, 15) is 15.3 Å². The van der Waals surface area contributed by atoms with Gasteiger partial charge in [-0.25, -0.2) is 4.98 Å². The molecule has 2 aromatic heterocycles. The van der Waals surface area contributed by atoms with Crippen LogP contribution in [0.25, 0.3) is 11.2 Å². The summed E-state index contributed by atoms with van der Waals surface area (Å²) in [5.41, 5.74) is 6.32. The third kappa shape index (κ3) is 3.47. The predicted octanol–water partition coefficient (Wildman–Crippen LogP) is 0.373. The first kappa shape index (κ1) is 20.5. The Morgan fingerprint density at radius 1 is 1.23 bits per heavy atom. The van der Waals surface area contributed by atoms with Crippen LogP contribution in [0.4, 0.5) is 11.8 Å². The maximum atomic E-state index is 10.9. The minimum absolute atomic E-state index is 0.0442. The zero-order valence-corrected chi connectivity index (χ0v) is 16.9. The maximum Gasteiger partial charge on any atom is 0.224 e. The average Bonchev–Trinajstić information content (AvgIpc) is 3.15. The number of aryl methyl sites for hydroxylation is 1. The van der Waals surface area contributed by atoms with Gasteiger partial charge in [0.1, 0.15) is 23.6 Å². The molecular formula is C20H26N6O4. The van der Waals surface area contributed by atoms with E-state index in [1.165, 1.54) is 12.5 Å². The van der Waals surface area contributed by atoms with Crippen molar-refractivity contribution in [3.05, 3.63) is 41.7 Å². The highest BCUT2D eigenvalue weighted by molar-refractivity contribution is 5.84. The number of anilines is 2. The fraction of sp³-hybridized carbons (Fsp3) is 0.450. The first-order valence-corrected chi connectivity index (χ1v) is 9.79. The molecule has 3 aromatic rings. The summed E-state index contributed by atoms with van der Waals surface area (Å²) >= 11 is 0. The summed E-state index contributed by atoms with van der Waals surface area (Å²) in [5.74, 6) is 1.03. The number of aliphatic hydroxyl groups is 3. The van der Waals surface area contributed by atoms with E-state index in [1.54, 1.807) is 11.5 Å². The van der Waals surface area contributed by atoms with Crippen molar-refractivity contribution in [1.29, 1.82) is 0 Å². The first-order valence-electron chi connectivity index (χ1n) is 9.79. The molecule has 1 aromatic carbocycles. The summed E-state index contributed by atoms with van der Waals surface area (Å²) in [6.07, 6.45) is -2.41. The number of nitrogen functional groups attached to an aromatic ring is 1. The van der Waals surface area contributed by atoms with E-state index in [1.807, 2.05) is 30.3 Å². The van der Waals surface area contributed by atoms with E-state index in [2.05, 4.69) is 20.3 Å². The van der Waals surface area contributed by atoms with E-state index >= 15 is 0 Å². The van der Waals surface area contributed by atoms with Gasteiger partial charge < -0.3 is 31.1 Å². The normalized spacial score (nSPS) is 26.4. The van der Waals surface area contributed by atoms with Gasteiger partial charge >= 0.3 is 0 Å². The Labute approximate surface area is 173 Å². The van der Waals surface area contributed by atoms with Gasteiger partial charge in [-0.15, -0.1) is 0 Å². The fourth-order valence-electron chi connectivity index (χ4n) is 3.84. The number of ether oxygens (including phenoxy) is 1. The topological polar surface area (TPSA) is 152 Å². The monoisotopic (exact) mass is 414 g/mol. The molecule has 3 heterocycles. The second kappa shape index (κ2) is 7.80. The molecule has 10 nitrogen and oxygen atoms in total. The molecule has 160 valence electrons. The Kier molecular flexibility index (Phi) is 5.33. The number of nitrogens with one attached hydrogen (secondary N) is 1. The molecule has 0 spiro atoms. The van der Waals surface area contributed by atoms with Gasteiger partial charge in [-0.1, -0.05) is 30.3 Å². The van der Waals surface area contributed by atoms with Crippen molar-refractivity contribution in [2.75, 3.05) is 24.2 Å². The Morgan fingerprint density at radius 3 is 2.63 bits per heavy atom. The molecular weight excluding hydrogens is 388 g/mol. The van der Waals surface area contributed by atoms with Crippen LogP contribution in [-0.4, -0.2) is 65.8 Å². The summed E-state index contributed by atoms with van der Waals surface area (Å²) < 4.78 is 7.32. The number of benzene rings is 1. The summed E-state index contributed by atoms with van der Waals surface area (Å²) in [6, 6.07) is 10.0. The van der Waals surface area contributed by atoms with Crippen LogP contribution in [0.3, 0.4) is 0 Å². The van der Waals surface area contributed by atoms with Crippen LogP contribution in [0.1, 0.15) is 24.5 Å². The molecule has 0 saturated carbocycles. The van der Waals surface area contributed by atoms with Crippen LogP contribution in [0.2, 0.25) is 0 Å². The van der Waals surface area contributed by atoms with Gasteiger partial charge in [-0.05, 0) is 25.8 Å². The number of hydrogen-bond donors (Lipinski definition) is 5. The molecule has 1 saturated heterocycles. The Hall–Kier alpha value is -2.79. The number of nitrogens with zero attached hydrogens (tertiary/aromatic N) is 4. The zero-order valence-electron chi connectivity index (χ0n) is 16.9. The molecule has 30 heavy (non-hydrogen) atoms. The van der Waals surface area contributed by atoms with E-state index in [-0.39, 0.29) is 5.95 Å². The summed E-state index contributed by atoms with van der Waals surface area (Å²) in [6.45, 7) is 3.38. The molecule has 0 radical (unpaired) electrons. The number of nitrogens with two attached hydrogens (primary N) is 1. The van der Waals surface area contributed by atoms with Gasteiger partial charge in [0.25, 0.3) is 0 Å². The SMILES string of the molecule is Cc1nc2c(NCCc3ccccc3)nc(N)nc2n1C1OC(CO)C(O)C1(C)O. The molecule has 0 amide bonds. The highest BCUT2D eigenvalue weighted by Gasteiger charge is 2.53. The van der Waals surface area contributed by atoms with E-state index < -0.39 is 30.6 Å². The molecule has 6 N–H and O–H groups in total. The fourth-order valence-corrected chi connectivity index (χ4v) is 3.84. The van der Waals surface area contributed by atoms with Crippen LogP contribution in [-0.2, 0) is 11.2 Å². The predicted molar refractivity (Wildman–Crippen MR) is 111 cm³/mol. The number of imidazole rings is 1.